The first-order chi connectivity index (χ1) is 11.3. The van der Waals surface area contributed by atoms with Crippen LogP contribution < -0.4 is 10.6 Å². The van der Waals surface area contributed by atoms with Crippen LogP contribution in [0, 0.1) is 20.8 Å². The monoisotopic (exact) mass is 342 g/mol. The molecule has 0 saturated heterocycles. The molecule has 0 spiro atoms. The number of carbonyl (C=O) groups is 2. The van der Waals surface area contributed by atoms with Gasteiger partial charge in [-0.2, -0.15) is 0 Å². The van der Waals surface area contributed by atoms with Gasteiger partial charge in [-0.1, -0.05) is 23.3 Å². The van der Waals surface area contributed by atoms with Crippen molar-refractivity contribution in [1.82, 2.24) is 5.32 Å². The Kier molecular flexibility index (Phi) is 5.31. The van der Waals surface area contributed by atoms with Crippen molar-refractivity contribution in [2.45, 2.75) is 20.8 Å². The number of carboxylic acid groups (broad SMARTS) is 1. The van der Waals surface area contributed by atoms with Gasteiger partial charge >= 0.3 is 5.97 Å². The number of anilines is 1. The molecule has 0 unspecified atom stereocenters. The molecule has 0 aliphatic heterocycles. The van der Waals surface area contributed by atoms with E-state index in [1.807, 2.05) is 26.8 Å². The third-order valence-electron chi connectivity index (χ3n) is 3.44. The van der Waals surface area contributed by atoms with E-state index in [2.05, 4.69) is 10.6 Å². The lowest BCUT2D eigenvalue weighted by Gasteiger charge is -2.13. The van der Waals surface area contributed by atoms with Gasteiger partial charge in [0.15, 0.2) is 5.11 Å². The van der Waals surface area contributed by atoms with Crippen molar-refractivity contribution in [3.05, 3.63) is 64.2 Å². The Hall–Kier alpha value is -2.73. The maximum absolute atomic E-state index is 12.3. The normalized spacial score (nSPS) is 10.1. The minimum Gasteiger partial charge on any atom is -0.478 e. The summed E-state index contributed by atoms with van der Waals surface area (Å²) in [6, 6.07) is 10.2. The predicted molar refractivity (Wildman–Crippen MR) is 97.7 cm³/mol. The number of nitrogens with one attached hydrogen (secondary N) is 2. The summed E-state index contributed by atoms with van der Waals surface area (Å²) in [5.74, 6) is -1.34. The summed E-state index contributed by atoms with van der Waals surface area (Å²) in [7, 11) is 0. The summed E-state index contributed by atoms with van der Waals surface area (Å²) in [5.41, 5.74) is 4.01. The van der Waals surface area contributed by atoms with E-state index in [1.54, 1.807) is 18.2 Å². The first kappa shape index (κ1) is 17.6. The lowest BCUT2D eigenvalue weighted by Crippen LogP contribution is -2.34. The average molecular weight is 342 g/mol. The molecular formula is C18H18N2O3S. The van der Waals surface area contributed by atoms with E-state index in [0.717, 1.165) is 16.7 Å². The molecule has 0 fully saturated rings. The summed E-state index contributed by atoms with van der Waals surface area (Å²) in [4.78, 5) is 23.3. The number of thiocarbonyl (C=S) groups is 1. The summed E-state index contributed by atoms with van der Waals surface area (Å²) < 4.78 is 0. The van der Waals surface area contributed by atoms with Gasteiger partial charge in [-0.05, 0) is 62.8 Å². The highest BCUT2D eigenvalue weighted by Crippen LogP contribution is 2.17. The molecule has 0 radical (unpaired) electrons. The van der Waals surface area contributed by atoms with E-state index in [-0.39, 0.29) is 16.6 Å². The highest BCUT2D eigenvalue weighted by molar-refractivity contribution is 7.80. The van der Waals surface area contributed by atoms with E-state index >= 15 is 0 Å². The van der Waals surface area contributed by atoms with Crippen LogP contribution >= 0.6 is 12.2 Å². The molecule has 2 aromatic carbocycles. The average Bonchev–Trinajstić information content (AvgIpc) is 2.48. The van der Waals surface area contributed by atoms with E-state index in [0.29, 0.717) is 11.3 Å². The number of carbonyl (C=O) groups excluding carboxylic acids is 1. The highest BCUT2D eigenvalue weighted by atomic mass is 32.1. The van der Waals surface area contributed by atoms with Crippen LogP contribution in [0.25, 0.3) is 0 Å². The van der Waals surface area contributed by atoms with Crippen LogP contribution in [-0.4, -0.2) is 22.1 Å². The number of aromatic carboxylic acids is 1. The lowest BCUT2D eigenvalue weighted by atomic mass is 10.1. The van der Waals surface area contributed by atoms with Crippen LogP contribution in [0.4, 0.5) is 5.69 Å². The van der Waals surface area contributed by atoms with E-state index < -0.39 is 5.97 Å². The number of hydrogen-bond acceptors (Lipinski definition) is 3. The molecule has 24 heavy (non-hydrogen) atoms. The molecule has 0 aliphatic carbocycles. The second-order valence-electron chi connectivity index (χ2n) is 5.62. The van der Waals surface area contributed by atoms with Crippen molar-refractivity contribution in [3.63, 3.8) is 0 Å². The number of aryl methyl sites for hydroxylation is 3. The van der Waals surface area contributed by atoms with Gasteiger partial charge in [0, 0.05) is 11.3 Å². The molecule has 0 atom stereocenters. The standard InChI is InChI=1S/C18H18N2O3S/c1-10-6-11(2)8-14(7-10)16(21)20-18(24)19-15-9-13(17(22)23)5-4-12(15)3/h4-9H,1-3H3,(H,22,23)(H2,19,20,21,24). The maximum atomic E-state index is 12.3. The van der Waals surface area contributed by atoms with Gasteiger partial charge in [-0.3, -0.25) is 10.1 Å². The molecule has 0 aliphatic rings. The van der Waals surface area contributed by atoms with Gasteiger partial charge in [-0.15, -0.1) is 0 Å². The van der Waals surface area contributed by atoms with Crippen LogP contribution in [0.5, 0.6) is 0 Å². The first-order valence-electron chi connectivity index (χ1n) is 7.31. The summed E-state index contributed by atoms with van der Waals surface area (Å²) in [5, 5.41) is 14.6. The number of carboxylic acids is 1. The molecule has 0 heterocycles. The van der Waals surface area contributed by atoms with Crippen LogP contribution in [0.2, 0.25) is 0 Å². The topological polar surface area (TPSA) is 78.4 Å². The maximum Gasteiger partial charge on any atom is 0.335 e. The number of hydrogen-bond donors (Lipinski definition) is 3. The number of benzene rings is 2. The molecule has 0 aromatic heterocycles. The zero-order chi connectivity index (χ0) is 17.9. The fourth-order valence-electron chi connectivity index (χ4n) is 2.32. The molecule has 6 heteroatoms. The van der Waals surface area contributed by atoms with Gasteiger partial charge < -0.3 is 10.4 Å². The smallest absolute Gasteiger partial charge is 0.335 e. The third kappa shape index (κ3) is 4.39. The summed E-state index contributed by atoms with van der Waals surface area (Å²) in [6.45, 7) is 5.66. The van der Waals surface area contributed by atoms with Crippen LogP contribution in [0.15, 0.2) is 36.4 Å². The van der Waals surface area contributed by atoms with Crippen molar-refractivity contribution in [2.75, 3.05) is 5.32 Å². The van der Waals surface area contributed by atoms with Crippen molar-refractivity contribution >= 4 is 34.9 Å². The Morgan fingerprint density at radius 2 is 1.58 bits per heavy atom. The van der Waals surface area contributed by atoms with Gasteiger partial charge in [0.2, 0.25) is 0 Å². The second kappa shape index (κ2) is 7.23. The van der Waals surface area contributed by atoms with Gasteiger partial charge in [0.25, 0.3) is 5.91 Å². The van der Waals surface area contributed by atoms with E-state index in [1.165, 1.54) is 12.1 Å². The molecule has 3 N–H and O–H groups in total. The highest BCUT2D eigenvalue weighted by Gasteiger charge is 2.11. The fourth-order valence-corrected chi connectivity index (χ4v) is 2.53. The SMILES string of the molecule is Cc1cc(C)cc(C(=O)NC(=S)Nc2cc(C(=O)O)ccc2C)c1. The third-order valence-corrected chi connectivity index (χ3v) is 3.65. The minimum atomic E-state index is -1.02. The molecule has 1 amide bonds. The Bertz CT molecular complexity index is 811. The summed E-state index contributed by atoms with van der Waals surface area (Å²) >= 11 is 5.16. The van der Waals surface area contributed by atoms with Crippen molar-refractivity contribution in [1.29, 1.82) is 0 Å². The largest absolute Gasteiger partial charge is 0.478 e. The zero-order valence-corrected chi connectivity index (χ0v) is 14.5. The van der Waals surface area contributed by atoms with Crippen molar-refractivity contribution < 1.29 is 14.7 Å². The molecule has 0 bridgehead atoms. The van der Waals surface area contributed by atoms with Crippen molar-refractivity contribution in [2.24, 2.45) is 0 Å². The molecule has 124 valence electrons. The fraction of sp³-hybridized carbons (Fsp3) is 0.167. The Labute approximate surface area is 145 Å². The number of amides is 1. The van der Waals surface area contributed by atoms with Crippen LogP contribution in [-0.2, 0) is 0 Å². The number of rotatable bonds is 3. The van der Waals surface area contributed by atoms with Crippen LogP contribution in [0.3, 0.4) is 0 Å². The van der Waals surface area contributed by atoms with Gasteiger partial charge in [0.05, 0.1) is 5.56 Å². The molecular weight excluding hydrogens is 324 g/mol. The molecule has 0 saturated carbocycles. The summed E-state index contributed by atoms with van der Waals surface area (Å²) in [6.07, 6.45) is 0. The Balaban J connectivity index is 2.12. The van der Waals surface area contributed by atoms with Crippen LogP contribution in [0.1, 0.15) is 37.4 Å². The molecule has 2 rings (SSSR count). The Morgan fingerprint density at radius 1 is 0.958 bits per heavy atom. The zero-order valence-electron chi connectivity index (χ0n) is 13.6. The van der Waals surface area contributed by atoms with Crippen molar-refractivity contribution in [3.8, 4) is 0 Å². The first-order valence-corrected chi connectivity index (χ1v) is 7.71. The lowest BCUT2D eigenvalue weighted by molar-refractivity contribution is 0.0696. The van der Waals surface area contributed by atoms with E-state index in [4.69, 9.17) is 17.3 Å². The van der Waals surface area contributed by atoms with Gasteiger partial charge in [0.1, 0.15) is 0 Å². The molecule has 2 aromatic rings. The minimum absolute atomic E-state index is 0.116. The molecule has 5 nitrogen and oxygen atoms in total. The second-order valence-corrected chi connectivity index (χ2v) is 6.03. The van der Waals surface area contributed by atoms with E-state index in [9.17, 15) is 9.59 Å². The Morgan fingerprint density at radius 3 is 2.17 bits per heavy atom. The quantitative estimate of drug-likeness (QED) is 0.745. The predicted octanol–water partition coefficient (Wildman–Crippen LogP) is 3.44. The van der Waals surface area contributed by atoms with Gasteiger partial charge in [-0.25, -0.2) is 4.79 Å².